The third-order valence-corrected chi connectivity index (χ3v) is 3.99. The lowest BCUT2D eigenvalue weighted by Crippen LogP contribution is -2.00. The Morgan fingerprint density at radius 3 is 2.55 bits per heavy atom. The van der Waals surface area contributed by atoms with Gasteiger partial charge < -0.3 is 4.74 Å². The highest BCUT2D eigenvalue weighted by Gasteiger charge is 2.09. The molecule has 2 aromatic rings. The van der Waals surface area contributed by atoms with Crippen molar-refractivity contribution in [1.29, 1.82) is 0 Å². The molecule has 0 aliphatic carbocycles. The zero-order chi connectivity index (χ0) is 14.2. The maximum atomic E-state index is 5.89. The van der Waals surface area contributed by atoms with Crippen molar-refractivity contribution >= 4 is 15.9 Å². The van der Waals surface area contributed by atoms with Gasteiger partial charge >= 0.3 is 0 Å². The summed E-state index contributed by atoms with van der Waals surface area (Å²) in [5, 5.41) is 1.04. The van der Waals surface area contributed by atoms with Crippen molar-refractivity contribution < 1.29 is 4.74 Å². The molecule has 106 valence electrons. The van der Waals surface area contributed by atoms with E-state index in [0.29, 0.717) is 12.5 Å². The minimum Gasteiger partial charge on any atom is -0.489 e. The van der Waals surface area contributed by atoms with Gasteiger partial charge in [0.05, 0.1) is 0 Å². The Balaban J connectivity index is 2.02. The Hall–Kier alpha value is -1.28. The Morgan fingerprint density at radius 2 is 1.85 bits per heavy atom. The highest BCUT2D eigenvalue weighted by molar-refractivity contribution is 9.09. The van der Waals surface area contributed by atoms with E-state index >= 15 is 0 Å². The predicted octanol–water partition coefficient (Wildman–Crippen LogP) is 5.54. The Bertz CT molecular complexity index is 510. The minimum absolute atomic E-state index is 0.606. The molecular formula is C18H21BrO. The van der Waals surface area contributed by atoms with Gasteiger partial charge in [0, 0.05) is 5.33 Å². The smallest absolute Gasteiger partial charge is 0.120 e. The van der Waals surface area contributed by atoms with Gasteiger partial charge in [-0.15, -0.1) is 0 Å². The maximum Gasteiger partial charge on any atom is 0.120 e. The second-order valence-electron chi connectivity index (χ2n) is 4.93. The first-order valence-corrected chi connectivity index (χ1v) is 8.28. The van der Waals surface area contributed by atoms with Crippen molar-refractivity contribution in [3.8, 4) is 5.75 Å². The minimum atomic E-state index is 0.606. The molecule has 0 spiro atoms. The van der Waals surface area contributed by atoms with Gasteiger partial charge in [0.25, 0.3) is 0 Å². The molecule has 0 unspecified atom stereocenters. The third-order valence-electron chi connectivity index (χ3n) is 3.53. The topological polar surface area (TPSA) is 9.23 Å². The van der Waals surface area contributed by atoms with Crippen LogP contribution in [-0.4, -0.2) is 5.33 Å². The van der Waals surface area contributed by atoms with E-state index < -0.39 is 0 Å². The van der Waals surface area contributed by atoms with Crippen molar-refractivity contribution in [3.05, 3.63) is 65.7 Å². The second-order valence-corrected chi connectivity index (χ2v) is 5.72. The quantitative estimate of drug-likeness (QED) is 0.604. The summed E-state index contributed by atoms with van der Waals surface area (Å²) in [7, 11) is 0. The summed E-state index contributed by atoms with van der Waals surface area (Å²) in [5.41, 5.74) is 2.57. The van der Waals surface area contributed by atoms with E-state index in [1.54, 1.807) is 0 Å². The van der Waals surface area contributed by atoms with Crippen LogP contribution >= 0.6 is 15.9 Å². The first kappa shape index (κ1) is 15.1. The average Bonchev–Trinajstić information content (AvgIpc) is 2.52. The lowest BCUT2D eigenvalue weighted by atomic mass is 9.94. The zero-order valence-corrected chi connectivity index (χ0v) is 13.5. The largest absolute Gasteiger partial charge is 0.489 e. The van der Waals surface area contributed by atoms with Crippen molar-refractivity contribution in [1.82, 2.24) is 0 Å². The summed E-state index contributed by atoms with van der Waals surface area (Å²) in [4.78, 5) is 0. The maximum absolute atomic E-state index is 5.89. The average molecular weight is 333 g/mol. The molecule has 0 aromatic heterocycles. The van der Waals surface area contributed by atoms with Crippen LogP contribution in [0, 0.1) is 0 Å². The standard InChI is InChI=1S/C18H21BrO/c1-2-16(11-12-19)17-9-6-10-18(13-17)20-14-15-7-4-3-5-8-15/h3-10,13,16H,2,11-12,14H2,1H3/t16-/m1/s1. The number of benzene rings is 2. The molecule has 0 N–H and O–H groups in total. The van der Waals surface area contributed by atoms with E-state index in [0.717, 1.165) is 17.5 Å². The van der Waals surface area contributed by atoms with Crippen LogP contribution in [0.4, 0.5) is 0 Å². The second kappa shape index (κ2) is 8.11. The number of rotatable bonds is 7. The van der Waals surface area contributed by atoms with Gasteiger partial charge in [-0.2, -0.15) is 0 Å². The molecule has 0 saturated heterocycles. The van der Waals surface area contributed by atoms with Crippen LogP contribution in [0.5, 0.6) is 5.75 Å². The summed E-state index contributed by atoms with van der Waals surface area (Å²) in [5.74, 6) is 1.56. The van der Waals surface area contributed by atoms with Crippen molar-refractivity contribution in [3.63, 3.8) is 0 Å². The van der Waals surface area contributed by atoms with Crippen LogP contribution in [0.2, 0.25) is 0 Å². The molecule has 0 heterocycles. The number of ether oxygens (including phenoxy) is 1. The summed E-state index contributed by atoms with van der Waals surface area (Å²) >= 11 is 3.54. The molecule has 2 rings (SSSR count). The molecule has 1 nitrogen and oxygen atoms in total. The fraction of sp³-hybridized carbons (Fsp3) is 0.333. The van der Waals surface area contributed by atoms with Crippen LogP contribution in [0.1, 0.15) is 36.8 Å². The Kier molecular flexibility index (Phi) is 6.13. The normalized spacial score (nSPS) is 12.1. The van der Waals surface area contributed by atoms with E-state index in [2.05, 4.69) is 53.2 Å². The SMILES string of the molecule is CC[C@H](CCBr)c1cccc(OCc2ccccc2)c1. The fourth-order valence-electron chi connectivity index (χ4n) is 2.34. The summed E-state index contributed by atoms with van der Waals surface area (Å²) < 4.78 is 5.89. The van der Waals surface area contributed by atoms with Crippen LogP contribution in [0.3, 0.4) is 0 Å². The number of halogens is 1. The Morgan fingerprint density at radius 1 is 1.05 bits per heavy atom. The zero-order valence-electron chi connectivity index (χ0n) is 11.9. The van der Waals surface area contributed by atoms with Crippen molar-refractivity contribution in [2.45, 2.75) is 32.3 Å². The molecule has 0 saturated carbocycles. The van der Waals surface area contributed by atoms with Crippen molar-refractivity contribution in [2.75, 3.05) is 5.33 Å². The van der Waals surface area contributed by atoms with E-state index in [-0.39, 0.29) is 0 Å². The van der Waals surface area contributed by atoms with Crippen LogP contribution in [-0.2, 0) is 6.61 Å². The van der Waals surface area contributed by atoms with Gasteiger partial charge in [0.15, 0.2) is 0 Å². The first-order valence-electron chi connectivity index (χ1n) is 7.16. The summed E-state index contributed by atoms with van der Waals surface area (Å²) in [6.45, 7) is 2.87. The lowest BCUT2D eigenvalue weighted by Gasteiger charge is -2.15. The molecule has 20 heavy (non-hydrogen) atoms. The van der Waals surface area contributed by atoms with Crippen LogP contribution in [0.15, 0.2) is 54.6 Å². The van der Waals surface area contributed by atoms with Gasteiger partial charge in [-0.3, -0.25) is 0 Å². The highest BCUT2D eigenvalue weighted by atomic mass is 79.9. The molecule has 2 heteroatoms. The number of alkyl halides is 1. The molecule has 0 aliphatic rings. The molecule has 0 fully saturated rings. The lowest BCUT2D eigenvalue weighted by molar-refractivity contribution is 0.305. The summed E-state index contributed by atoms with van der Waals surface area (Å²) in [6.07, 6.45) is 2.33. The van der Waals surface area contributed by atoms with E-state index in [1.807, 2.05) is 24.3 Å². The molecule has 0 radical (unpaired) electrons. The highest BCUT2D eigenvalue weighted by Crippen LogP contribution is 2.27. The van der Waals surface area contributed by atoms with E-state index in [4.69, 9.17) is 4.74 Å². The van der Waals surface area contributed by atoms with Gasteiger partial charge in [0.2, 0.25) is 0 Å². The first-order chi connectivity index (χ1) is 9.83. The van der Waals surface area contributed by atoms with Gasteiger partial charge in [-0.25, -0.2) is 0 Å². The van der Waals surface area contributed by atoms with Crippen LogP contribution in [0.25, 0.3) is 0 Å². The predicted molar refractivity (Wildman–Crippen MR) is 88.7 cm³/mol. The molecular weight excluding hydrogens is 312 g/mol. The monoisotopic (exact) mass is 332 g/mol. The molecule has 0 aliphatic heterocycles. The third kappa shape index (κ3) is 4.38. The molecule has 0 amide bonds. The van der Waals surface area contributed by atoms with Crippen molar-refractivity contribution in [2.24, 2.45) is 0 Å². The Labute approximate surface area is 130 Å². The number of hydrogen-bond donors (Lipinski definition) is 0. The van der Waals surface area contributed by atoms with Crippen LogP contribution < -0.4 is 4.74 Å². The van der Waals surface area contributed by atoms with Gasteiger partial charge in [-0.1, -0.05) is 65.3 Å². The molecule has 2 aromatic carbocycles. The van der Waals surface area contributed by atoms with E-state index in [9.17, 15) is 0 Å². The summed E-state index contributed by atoms with van der Waals surface area (Å²) in [6, 6.07) is 18.8. The van der Waals surface area contributed by atoms with Gasteiger partial charge in [-0.05, 0) is 42.0 Å². The molecule has 1 atom stereocenters. The number of hydrogen-bond acceptors (Lipinski definition) is 1. The van der Waals surface area contributed by atoms with E-state index in [1.165, 1.54) is 17.5 Å². The fourth-order valence-corrected chi connectivity index (χ4v) is 2.89. The molecule has 0 bridgehead atoms. The van der Waals surface area contributed by atoms with Gasteiger partial charge in [0.1, 0.15) is 12.4 Å².